The molecule has 3 rings (SSSR count). The average molecular weight is 373 g/mol. The second-order valence-corrected chi connectivity index (χ2v) is 6.76. The van der Waals surface area contributed by atoms with Crippen LogP contribution in [0.3, 0.4) is 0 Å². The highest BCUT2D eigenvalue weighted by Crippen LogP contribution is 2.29. The van der Waals surface area contributed by atoms with Crippen LogP contribution in [0.1, 0.15) is 23.2 Å². The second kappa shape index (κ2) is 7.84. The number of anilines is 2. The highest BCUT2D eigenvalue weighted by Gasteiger charge is 2.25. The zero-order valence-electron chi connectivity index (χ0n) is 15.0. The van der Waals surface area contributed by atoms with Gasteiger partial charge in [0.15, 0.2) is 17.4 Å². The van der Waals surface area contributed by atoms with Gasteiger partial charge in [0.2, 0.25) is 0 Å². The van der Waals surface area contributed by atoms with Gasteiger partial charge in [0.25, 0.3) is 0 Å². The first-order valence-electron chi connectivity index (χ1n) is 8.74. The molecule has 1 saturated heterocycles. The molecule has 0 aromatic heterocycles. The number of benzene rings is 2. The molecule has 2 aromatic rings. The van der Waals surface area contributed by atoms with E-state index >= 15 is 0 Å². The number of primary amides is 1. The normalized spacial score (nSPS) is 15.5. The first-order chi connectivity index (χ1) is 12.9. The SMILES string of the molecule is CN1CCC(C(=O)c2cccc(N(C(N)=O)c3ccc(F)c(F)c3)c2)CC1. The lowest BCUT2D eigenvalue weighted by molar-refractivity contribution is 0.0857. The molecule has 1 fully saturated rings. The number of likely N-dealkylation sites (tertiary alicyclic amines) is 1. The third-order valence-electron chi connectivity index (χ3n) is 4.86. The van der Waals surface area contributed by atoms with E-state index in [2.05, 4.69) is 4.90 Å². The van der Waals surface area contributed by atoms with Gasteiger partial charge < -0.3 is 10.6 Å². The van der Waals surface area contributed by atoms with Crippen LogP contribution >= 0.6 is 0 Å². The highest BCUT2D eigenvalue weighted by atomic mass is 19.2. The van der Waals surface area contributed by atoms with Gasteiger partial charge in [-0.1, -0.05) is 12.1 Å². The van der Waals surface area contributed by atoms with Crippen molar-refractivity contribution >= 4 is 23.2 Å². The Morgan fingerprint density at radius 3 is 2.33 bits per heavy atom. The number of carbonyl (C=O) groups excluding carboxylic acids is 2. The predicted octanol–water partition coefficient (Wildman–Crippen LogP) is 3.71. The molecule has 2 aromatic carbocycles. The Morgan fingerprint density at radius 1 is 1.04 bits per heavy atom. The van der Waals surface area contributed by atoms with E-state index in [0.29, 0.717) is 11.3 Å². The van der Waals surface area contributed by atoms with Gasteiger partial charge in [-0.25, -0.2) is 13.6 Å². The van der Waals surface area contributed by atoms with Crippen molar-refractivity contribution in [1.29, 1.82) is 0 Å². The quantitative estimate of drug-likeness (QED) is 0.831. The molecule has 5 nitrogen and oxygen atoms in total. The summed E-state index contributed by atoms with van der Waals surface area (Å²) in [5.74, 6) is -2.16. The molecule has 27 heavy (non-hydrogen) atoms. The largest absolute Gasteiger partial charge is 0.351 e. The molecule has 1 aliphatic heterocycles. The number of hydrogen-bond acceptors (Lipinski definition) is 3. The molecule has 0 radical (unpaired) electrons. The lowest BCUT2D eigenvalue weighted by Gasteiger charge is -2.28. The van der Waals surface area contributed by atoms with Gasteiger partial charge >= 0.3 is 6.03 Å². The van der Waals surface area contributed by atoms with Crippen LogP contribution in [-0.2, 0) is 0 Å². The fourth-order valence-corrected chi connectivity index (χ4v) is 3.33. The number of amides is 2. The molecule has 0 spiro atoms. The van der Waals surface area contributed by atoms with Crippen LogP contribution in [0.4, 0.5) is 25.0 Å². The van der Waals surface area contributed by atoms with Crippen molar-refractivity contribution in [3.63, 3.8) is 0 Å². The average Bonchev–Trinajstić information content (AvgIpc) is 2.65. The molecular weight excluding hydrogens is 352 g/mol. The minimum Gasteiger partial charge on any atom is -0.351 e. The third kappa shape index (κ3) is 4.14. The van der Waals surface area contributed by atoms with Gasteiger partial charge in [0, 0.05) is 17.5 Å². The number of ketones is 1. The summed E-state index contributed by atoms with van der Waals surface area (Å²) in [6.45, 7) is 1.72. The van der Waals surface area contributed by atoms with Crippen LogP contribution in [0.15, 0.2) is 42.5 Å². The molecule has 0 bridgehead atoms. The Kier molecular flexibility index (Phi) is 5.51. The van der Waals surface area contributed by atoms with E-state index in [-0.39, 0.29) is 17.4 Å². The maximum atomic E-state index is 13.6. The summed E-state index contributed by atoms with van der Waals surface area (Å²) in [7, 11) is 2.02. The van der Waals surface area contributed by atoms with Gasteiger partial charge in [-0.3, -0.25) is 9.69 Å². The smallest absolute Gasteiger partial charge is 0.323 e. The summed E-state index contributed by atoms with van der Waals surface area (Å²) in [6, 6.07) is 8.71. The number of urea groups is 1. The summed E-state index contributed by atoms with van der Waals surface area (Å²) in [6.07, 6.45) is 1.56. The summed E-state index contributed by atoms with van der Waals surface area (Å²) in [4.78, 5) is 28.0. The van der Waals surface area contributed by atoms with Crippen molar-refractivity contribution in [2.75, 3.05) is 25.0 Å². The van der Waals surface area contributed by atoms with E-state index in [0.717, 1.165) is 43.0 Å². The number of rotatable bonds is 4. The number of nitrogens with zero attached hydrogens (tertiary/aromatic N) is 2. The zero-order chi connectivity index (χ0) is 19.6. The van der Waals surface area contributed by atoms with Crippen LogP contribution in [0.5, 0.6) is 0 Å². The van der Waals surface area contributed by atoms with E-state index in [9.17, 15) is 18.4 Å². The Labute approximate surface area is 156 Å². The molecule has 2 amide bonds. The third-order valence-corrected chi connectivity index (χ3v) is 4.86. The van der Waals surface area contributed by atoms with E-state index in [1.54, 1.807) is 24.3 Å². The molecular formula is C20H21F2N3O2. The number of carbonyl (C=O) groups is 2. The van der Waals surface area contributed by atoms with E-state index in [1.807, 2.05) is 7.05 Å². The molecule has 142 valence electrons. The summed E-state index contributed by atoms with van der Waals surface area (Å²) in [5, 5.41) is 0. The Hall–Kier alpha value is -2.80. The molecule has 1 aliphatic rings. The Bertz CT molecular complexity index is 864. The monoisotopic (exact) mass is 373 g/mol. The molecule has 0 saturated carbocycles. The minimum atomic E-state index is -1.09. The van der Waals surface area contributed by atoms with E-state index < -0.39 is 17.7 Å². The van der Waals surface area contributed by atoms with Gasteiger partial charge in [-0.2, -0.15) is 0 Å². The Balaban J connectivity index is 1.91. The van der Waals surface area contributed by atoms with Crippen molar-refractivity contribution in [1.82, 2.24) is 4.90 Å². The molecule has 1 heterocycles. The summed E-state index contributed by atoms with van der Waals surface area (Å²) < 4.78 is 26.8. The van der Waals surface area contributed by atoms with E-state index in [1.165, 1.54) is 6.07 Å². The summed E-state index contributed by atoms with van der Waals surface area (Å²) in [5.41, 5.74) is 6.34. The van der Waals surface area contributed by atoms with Crippen molar-refractivity contribution in [2.24, 2.45) is 11.7 Å². The lowest BCUT2D eigenvalue weighted by atomic mass is 9.89. The zero-order valence-corrected chi connectivity index (χ0v) is 15.0. The van der Waals surface area contributed by atoms with Crippen LogP contribution in [0.2, 0.25) is 0 Å². The first-order valence-corrected chi connectivity index (χ1v) is 8.74. The van der Waals surface area contributed by atoms with E-state index in [4.69, 9.17) is 5.73 Å². The topological polar surface area (TPSA) is 66.6 Å². The van der Waals surface area contributed by atoms with Gasteiger partial charge in [0.05, 0.1) is 11.4 Å². The predicted molar refractivity (Wildman–Crippen MR) is 99.1 cm³/mol. The van der Waals surface area contributed by atoms with Crippen molar-refractivity contribution in [3.05, 3.63) is 59.7 Å². The number of piperidine rings is 1. The molecule has 0 unspecified atom stereocenters. The lowest BCUT2D eigenvalue weighted by Crippen LogP contribution is -2.34. The maximum Gasteiger partial charge on any atom is 0.323 e. The molecule has 7 heteroatoms. The van der Waals surface area contributed by atoms with Crippen LogP contribution < -0.4 is 10.6 Å². The first kappa shape index (κ1) is 19.0. The van der Waals surface area contributed by atoms with Crippen molar-refractivity contribution in [3.8, 4) is 0 Å². The van der Waals surface area contributed by atoms with Gasteiger partial charge in [-0.05, 0) is 57.2 Å². The molecule has 2 N–H and O–H groups in total. The fraction of sp³-hybridized carbons (Fsp3) is 0.300. The van der Waals surface area contributed by atoms with Crippen molar-refractivity contribution < 1.29 is 18.4 Å². The number of hydrogen-bond donors (Lipinski definition) is 1. The van der Waals surface area contributed by atoms with Crippen molar-refractivity contribution in [2.45, 2.75) is 12.8 Å². The summed E-state index contributed by atoms with van der Waals surface area (Å²) >= 11 is 0. The minimum absolute atomic E-state index is 0.0136. The van der Waals surface area contributed by atoms with Crippen LogP contribution in [0.25, 0.3) is 0 Å². The fourth-order valence-electron chi connectivity index (χ4n) is 3.33. The van der Waals surface area contributed by atoms with Crippen LogP contribution in [-0.4, -0.2) is 36.9 Å². The standard InChI is InChI=1S/C20H21F2N3O2/c1-24-9-7-13(8-10-24)19(26)14-3-2-4-15(11-14)25(20(23)27)16-5-6-17(21)18(22)12-16/h2-6,11-13H,7-10H2,1H3,(H2,23,27). The highest BCUT2D eigenvalue weighted by molar-refractivity contribution is 6.02. The second-order valence-electron chi connectivity index (χ2n) is 6.76. The molecule has 0 atom stereocenters. The number of nitrogens with two attached hydrogens (primary N) is 1. The number of Topliss-reactive ketones (excluding diaryl/α,β-unsaturated/α-hetero) is 1. The molecule has 0 aliphatic carbocycles. The van der Waals surface area contributed by atoms with Crippen LogP contribution in [0, 0.1) is 17.6 Å². The number of halogens is 2. The van der Waals surface area contributed by atoms with Gasteiger partial charge in [-0.15, -0.1) is 0 Å². The Morgan fingerprint density at radius 2 is 1.70 bits per heavy atom. The van der Waals surface area contributed by atoms with Gasteiger partial charge in [0.1, 0.15) is 0 Å². The maximum absolute atomic E-state index is 13.6.